The summed E-state index contributed by atoms with van der Waals surface area (Å²) in [5.41, 5.74) is 11.4. The van der Waals surface area contributed by atoms with Gasteiger partial charge in [-0.15, -0.1) is 0 Å². The van der Waals surface area contributed by atoms with Crippen LogP contribution in [0.3, 0.4) is 0 Å². The Morgan fingerprint density at radius 3 is 1.75 bits per heavy atom. The maximum Gasteiger partial charge on any atom is -1.00 e. The van der Waals surface area contributed by atoms with Crippen molar-refractivity contribution in [2.45, 2.75) is 65.2 Å². The summed E-state index contributed by atoms with van der Waals surface area (Å²) >= 11 is 10.0. The van der Waals surface area contributed by atoms with E-state index in [-0.39, 0.29) is 35.6 Å². The molecule has 226 valence electrons. The van der Waals surface area contributed by atoms with E-state index >= 15 is 0 Å². The molecule has 6 rings (SSSR count). The molecule has 0 atom stereocenters. The number of halogens is 4. The molecular weight excluding hydrogens is 701 g/mol. The van der Waals surface area contributed by atoms with E-state index < -0.39 is 21.3 Å². The Morgan fingerprint density at radius 2 is 1.25 bits per heavy atom. The first-order valence-corrected chi connectivity index (χ1v) is 19.3. The third kappa shape index (κ3) is 6.84. The Labute approximate surface area is 293 Å². The number of allylic oxidation sites excluding steroid dienone is 4. The number of rotatable bonds is 4. The zero-order chi connectivity index (χ0) is 29.8. The Hall–Kier alpha value is -1.73. The minimum Gasteiger partial charge on any atom is -1.00 e. The van der Waals surface area contributed by atoms with Crippen LogP contribution in [-0.2, 0) is 38.5 Å². The van der Waals surface area contributed by atoms with Gasteiger partial charge in [-0.25, -0.2) is 0 Å². The first kappa shape index (κ1) is 35.1. The van der Waals surface area contributed by atoms with Crippen LogP contribution in [0.4, 0.5) is 0 Å². The summed E-state index contributed by atoms with van der Waals surface area (Å²) in [7, 11) is 0. The Bertz CT molecular complexity index is 1730. The van der Waals surface area contributed by atoms with Crippen LogP contribution in [0.5, 0.6) is 0 Å². The molecule has 0 heterocycles. The third-order valence-corrected chi connectivity index (χ3v) is 16.9. The molecule has 0 radical (unpaired) electrons. The van der Waals surface area contributed by atoms with Crippen LogP contribution in [0, 0.1) is 0 Å². The minimum atomic E-state index is -2.83. The van der Waals surface area contributed by atoms with Gasteiger partial charge in [0, 0.05) is 0 Å². The molecule has 0 aliphatic heterocycles. The summed E-state index contributed by atoms with van der Waals surface area (Å²) in [5, 5.41) is 1.53. The quantitative estimate of drug-likeness (QED) is 0.255. The molecule has 4 aromatic carbocycles. The van der Waals surface area contributed by atoms with Crippen LogP contribution in [0.25, 0.3) is 11.1 Å². The van der Waals surface area contributed by atoms with Crippen LogP contribution in [0.15, 0.2) is 100 Å². The molecule has 0 N–H and O–H groups in total. The van der Waals surface area contributed by atoms with E-state index in [1.807, 2.05) is 24.3 Å². The van der Waals surface area contributed by atoms with Crippen molar-refractivity contribution in [3.8, 4) is 11.1 Å². The van der Waals surface area contributed by atoms with E-state index in [2.05, 4.69) is 114 Å². The fourth-order valence-electron chi connectivity index (χ4n) is 6.42. The van der Waals surface area contributed by atoms with Crippen molar-refractivity contribution in [3.05, 3.63) is 144 Å². The topological polar surface area (TPSA) is 0 Å². The first-order chi connectivity index (χ1) is 19.9. The van der Waals surface area contributed by atoms with E-state index in [0.717, 1.165) is 22.9 Å². The second kappa shape index (κ2) is 13.6. The molecule has 5 heteroatoms. The van der Waals surface area contributed by atoms with Crippen molar-refractivity contribution in [1.29, 1.82) is 0 Å². The molecule has 0 amide bonds. The van der Waals surface area contributed by atoms with Crippen molar-refractivity contribution >= 4 is 29.7 Å². The number of hydrogen-bond donors (Lipinski definition) is 0. The Kier molecular flexibility index (Phi) is 10.8. The van der Waals surface area contributed by atoms with Gasteiger partial charge in [-0.2, -0.15) is 0 Å². The van der Waals surface area contributed by atoms with Crippen LogP contribution < -0.4 is 28.1 Å². The van der Waals surface area contributed by atoms with Gasteiger partial charge < -0.3 is 24.8 Å². The summed E-state index contributed by atoms with van der Waals surface area (Å²) < 4.78 is 4.75. The zero-order valence-electron chi connectivity index (χ0n) is 26.2. The van der Waals surface area contributed by atoms with Crippen molar-refractivity contribution in [3.63, 3.8) is 0 Å². The maximum atomic E-state index is 6.43. The van der Waals surface area contributed by atoms with E-state index in [4.69, 9.17) is 23.2 Å². The predicted octanol–water partition coefficient (Wildman–Crippen LogP) is 4.52. The monoisotopic (exact) mass is 736 g/mol. The van der Waals surface area contributed by atoms with Gasteiger partial charge in [0.15, 0.2) is 0 Å². The summed E-state index contributed by atoms with van der Waals surface area (Å²) in [6.07, 6.45) is 9.04. The molecule has 0 saturated carbocycles. The molecule has 0 bridgehead atoms. The molecule has 44 heavy (non-hydrogen) atoms. The molecule has 2 aliphatic rings. The van der Waals surface area contributed by atoms with Gasteiger partial charge in [-0.3, -0.25) is 0 Å². The van der Waals surface area contributed by atoms with E-state index in [1.165, 1.54) is 42.2 Å². The number of fused-ring (bicyclic) bond motifs is 3. The average Bonchev–Trinajstić information content (AvgIpc) is 3.59. The summed E-state index contributed by atoms with van der Waals surface area (Å²) in [6.45, 7) is 14.1. The molecule has 4 aromatic rings. The fourth-order valence-corrected chi connectivity index (χ4v) is 15.6. The molecule has 0 aromatic heterocycles. The van der Waals surface area contributed by atoms with Gasteiger partial charge in [-0.05, 0) is 0 Å². The summed E-state index contributed by atoms with van der Waals surface area (Å²) in [5.74, 6) is 0. The third-order valence-electron chi connectivity index (χ3n) is 8.61. The predicted molar refractivity (Wildman–Crippen MR) is 180 cm³/mol. The Morgan fingerprint density at radius 1 is 0.682 bits per heavy atom. The molecule has 0 spiro atoms. The smallest absolute Gasteiger partial charge is 1.00 e. The molecule has 0 saturated heterocycles. The summed E-state index contributed by atoms with van der Waals surface area (Å²) in [6, 6.07) is 29.1. The largest absolute Gasteiger partial charge is 1.00 e. The van der Waals surface area contributed by atoms with Crippen molar-refractivity contribution in [2.24, 2.45) is 0 Å². The van der Waals surface area contributed by atoms with Crippen molar-refractivity contribution in [1.82, 2.24) is 0 Å². The standard InChI is InChI=1S/C21H25.C13H8Cl2.C5H5.2ClH.Zr/c1-20(2,3)16-7-9-18-14(12-16)11-15-13-17(21(4,5)6)8-10-19(15)18;14-12-5-1-10(2-6-12)9-11-3-7-13(15)8-4-11;1-2-4-5-3-1;;;/h7-10,12H,11H2,1-6H3;1-8H;1-3H,4H2;2*1H;/q;;;;;+2/p-2. The van der Waals surface area contributed by atoms with E-state index in [0.29, 0.717) is 0 Å². The van der Waals surface area contributed by atoms with E-state index in [1.54, 1.807) is 12.1 Å². The van der Waals surface area contributed by atoms with E-state index in [9.17, 15) is 0 Å². The molecule has 0 unspecified atom stereocenters. The second-order valence-electron chi connectivity index (χ2n) is 13.7. The second-order valence-corrected chi connectivity index (χ2v) is 20.4. The average molecular weight is 740 g/mol. The molecular formula is C39H38Cl4Zr. The minimum absolute atomic E-state index is 0. The van der Waals surface area contributed by atoms with Gasteiger partial charge in [0.1, 0.15) is 0 Å². The van der Waals surface area contributed by atoms with Crippen LogP contribution in [0.1, 0.15) is 81.3 Å². The van der Waals surface area contributed by atoms with Crippen LogP contribution in [-0.4, -0.2) is 3.21 Å². The van der Waals surface area contributed by atoms with Crippen molar-refractivity contribution in [2.75, 3.05) is 0 Å². The first-order valence-electron chi connectivity index (χ1n) is 14.8. The summed E-state index contributed by atoms with van der Waals surface area (Å²) in [4.78, 5) is 0. The van der Waals surface area contributed by atoms with Gasteiger partial charge in [-0.1, -0.05) is 0 Å². The molecule has 0 fully saturated rings. The number of hydrogen-bond acceptors (Lipinski definition) is 0. The maximum absolute atomic E-state index is 6.43. The van der Waals surface area contributed by atoms with Gasteiger partial charge in [0.05, 0.1) is 0 Å². The fraction of sp³-hybridized carbons (Fsp3) is 0.256. The Balaban J connectivity index is 0.00000221. The normalized spacial score (nSPS) is 13.2. The van der Waals surface area contributed by atoms with Crippen LogP contribution >= 0.6 is 23.2 Å². The number of benzene rings is 4. The molecule has 0 nitrogen and oxygen atoms in total. The van der Waals surface area contributed by atoms with Gasteiger partial charge in [0.2, 0.25) is 0 Å². The SMILES string of the molecule is CC(C)(C)c1ccc2c(c1)Cc1c-2ccc(C(C)(C)C)[c]1[Zr+2]([C]1=CC=CC1)=[C](c1ccc(Cl)cc1)c1ccc(Cl)cc1.[Cl-].[Cl-]. The van der Waals surface area contributed by atoms with Crippen LogP contribution in [0.2, 0.25) is 10.0 Å². The molecule has 2 aliphatic carbocycles. The zero-order valence-corrected chi connectivity index (χ0v) is 31.6. The van der Waals surface area contributed by atoms with Gasteiger partial charge >= 0.3 is 271 Å². The van der Waals surface area contributed by atoms with Gasteiger partial charge in [0.25, 0.3) is 0 Å². The van der Waals surface area contributed by atoms with Crippen molar-refractivity contribution < 1.29 is 46.1 Å².